The summed E-state index contributed by atoms with van der Waals surface area (Å²) >= 11 is 0. The second kappa shape index (κ2) is 11.5. The van der Waals surface area contributed by atoms with E-state index in [2.05, 4.69) is 26.9 Å². The lowest BCUT2D eigenvalue weighted by Gasteiger charge is -2.12. The van der Waals surface area contributed by atoms with Crippen LogP contribution in [0.4, 0.5) is 0 Å². The SMILES string of the molecule is CN=C(NCCCOCC1CCCO1)NCCc1cnn(-c2ccccc2)c1. The normalized spacial score (nSPS) is 17.0. The molecule has 1 aliphatic heterocycles. The molecule has 1 fully saturated rings. The molecule has 1 aromatic heterocycles. The van der Waals surface area contributed by atoms with Gasteiger partial charge >= 0.3 is 0 Å². The van der Waals surface area contributed by atoms with Gasteiger partial charge in [0.1, 0.15) is 0 Å². The van der Waals surface area contributed by atoms with E-state index in [1.165, 1.54) is 5.56 Å². The maximum atomic E-state index is 5.68. The molecule has 1 aromatic carbocycles. The van der Waals surface area contributed by atoms with Crippen LogP contribution in [0.25, 0.3) is 5.69 Å². The summed E-state index contributed by atoms with van der Waals surface area (Å²) in [6.07, 6.45) is 8.39. The van der Waals surface area contributed by atoms with Gasteiger partial charge in [-0.3, -0.25) is 4.99 Å². The predicted molar refractivity (Wildman–Crippen MR) is 111 cm³/mol. The summed E-state index contributed by atoms with van der Waals surface area (Å²) in [4.78, 5) is 4.27. The zero-order valence-electron chi connectivity index (χ0n) is 16.6. The largest absolute Gasteiger partial charge is 0.379 e. The molecule has 1 atom stereocenters. The quantitative estimate of drug-likeness (QED) is 0.373. The smallest absolute Gasteiger partial charge is 0.190 e. The summed E-state index contributed by atoms with van der Waals surface area (Å²) in [7, 11) is 1.79. The molecule has 1 saturated heterocycles. The Morgan fingerprint density at radius 1 is 1.29 bits per heavy atom. The highest BCUT2D eigenvalue weighted by molar-refractivity contribution is 5.79. The summed E-state index contributed by atoms with van der Waals surface area (Å²) in [6, 6.07) is 10.1. The van der Waals surface area contributed by atoms with E-state index in [1.54, 1.807) is 7.05 Å². The third-order valence-electron chi connectivity index (χ3n) is 4.67. The molecule has 3 rings (SSSR count). The van der Waals surface area contributed by atoms with Crippen molar-refractivity contribution in [1.82, 2.24) is 20.4 Å². The van der Waals surface area contributed by atoms with Crippen LogP contribution in [0.5, 0.6) is 0 Å². The lowest BCUT2D eigenvalue weighted by Crippen LogP contribution is -2.39. The molecule has 0 radical (unpaired) electrons. The van der Waals surface area contributed by atoms with Crippen molar-refractivity contribution in [2.24, 2.45) is 4.99 Å². The molecule has 0 amide bonds. The molecule has 2 aromatic rings. The van der Waals surface area contributed by atoms with Crippen LogP contribution in [-0.4, -0.2) is 61.8 Å². The first-order chi connectivity index (χ1) is 13.8. The molecule has 0 bridgehead atoms. The topological polar surface area (TPSA) is 72.7 Å². The van der Waals surface area contributed by atoms with Gasteiger partial charge in [0.15, 0.2) is 5.96 Å². The van der Waals surface area contributed by atoms with E-state index >= 15 is 0 Å². The second-order valence-electron chi connectivity index (χ2n) is 6.87. The first kappa shape index (κ1) is 20.4. The Labute approximate surface area is 167 Å². The van der Waals surface area contributed by atoms with Gasteiger partial charge in [-0.15, -0.1) is 0 Å². The summed E-state index contributed by atoms with van der Waals surface area (Å²) in [5, 5.41) is 11.1. The van der Waals surface area contributed by atoms with Gasteiger partial charge in [-0.2, -0.15) is 5.10 Å². The van der Waals surface area contributed by atoms with Gasteiger partial charge in [0, 0.05) is 39.5 Å². The third-order valence-corrected chi connectivity index (χ3v) is 4.67. The summed E-state index contributed by atoms with van der Waals surface area (Å²) in [5.74, 6) is 0.814. The number of benzene rings is 1. The van der Waals surface area contributed by atoms with Gasteiger partial charge in [-0.25, -0.2) is 4.68 Å². The van der Waals surface area contributed by atoms with Gasteiger partial charge in [0.25, 0.3) is 0 Å². The van der Waals surface area contributed by atoms with Gasteiger partial charge in [0.2, 0.25) is 0 Å². The molecule has 7 heteroatoms. The number of aromatic nitrogens is 2. The molecule has 0 saturated carbocycles. The molecule has 0 aliphatic carbocycles. The number of ether oxygens (including phenoxy) is 2. The Hall–Kier alpha value is -2.38. The van der Waals surface area contributed by atoms with Crippen LogP contribution in [0.15, 0.2) is 47.7 Å². The first-order valence-corrected chi connectivity index (χ1v) is 10.1. The number of hydrogen-bond acceptors (Lipinski definition) is 4. The van der Waals surface area contributed by atoms with Crippen LogP contribution in [0.1, 0.15) is 24.8 Å². The minimum absolute atomic E-state index is 0.300. The number of nitrogens with one attached hydrogen (secondary N) is 2. The maximum absolute atomic E-state index is 5.68. The van der Waals surface area contributed by atoms with Crippen molar-refractivity contribution < 1.29 is 9.47 Å². The molecule has 28 heavy (non-hydrogen) atoms. The number of rotatable bonds is 10. The van der Waals surface area contributed by atoms with Gasteiger partial charge in [-0.05, 0) is 43.4 Å². The monoisotopic (exact) mass is 385 g/mol. The standard InChI is InChI=1S/C21H31N5O2/c1-22-21(23-11-6-13-27-17-20-9-5-14-28-20)24-12-10-18-15-25-26(16-18)19-7-3-2-4-8-19/h2-4,7-8,15-16,20H,5-6,9-14,17H2,1H3,(H2,22,23,24). The van der Waals surface area contributed by atoms with Crippen LogP contribution >= 0.6 is 0 Å². The molecule has 0 spiro atoms. The van der Waals surface area contributed by atoms with E-state index in [1.807, 2.05) is 41.2 Å². The van der Waals surface area contributed by atoms with E-state index in [0.29, 0.717) is 12.7 Å². The van der Waals surface area contributed by atoms with Crippen molar-refractivity contribution in [3.63, 3.8) is 0 Å². The second-order valence-corrected chi connectivity index (χ2v) is 6.87. The van der Waals surface area contributed by atoms with E-state index in [4.69, 9.17) is 9.47 Å². The predicted octanol–water partition coefficient (Wildman–Crippen LogP) is 2.17. The fourth-order valence-corrected chi connectivity index (χ4v) is 3.13. The number of hydrogen-bond donors (Lipinski definition) is 2. The Kier molecular flexibility index (Phi) is 8.33. The summed E-state index contributed by atoms with van der Waals surface area (Å²) in [6.45, 7) is 3.96. The summed E-state index contributed by atoms with van der Waals surface area (Å²) < 4.78 is 13.1. The van der Waals surface area contributed by atoms with Crippen LogP contribution < -0.4 is 10.6 Å². The molecular weight excluding hydrogens is 354 g/mol. The van der Waals surface area contributed by atoms with Crippen LogP contribution in [0, 0.1) is 0 Å². The number of nitrogens with zero attached hydrogens (tertiary/aromatic N) is 3. The van der Waals surface area contributed by atoms with Crippen molar-refractivity contribution in [1.29, 1.82) is 0 Å². The van der Waals surface area contributed by atoms with E-state index in [-0.39, 0.29) is 0 Å². The first-order valence-electron chi connectivity index (χ1n) is 10.1. The van der Waals surface area contributed by atoms with Gasteiger partial charge in [0.05, 0.1) is 24.6 Å². The lowest BCUT2D eigenvalue weighted by atomic mass is 10.2. The molecule has 1 aliphatic rings. The third kappa shape index (κ3) is 6.65. The zero-order valence-corrected chi connectivity index (χ0v) is 16.6. The molecule has 2 heterocycles. The van der Waals surface area contributed by atoms with Crippen molar-refractivity contribution >= 4 is 5.96 Å². The van der Waals surface area contributed by atoms with Crippen molar-refractivity contribution in [2.45, 2.75) is 31.8 Å². The Balaban J connectivity index is 1.27. The minimum Gasteiger partial charge on any atom is -0.379 e. The lowest BCUT2D eigenvalue weighted by molar-refractivity contribution is 0.0168. The molecular formula is C21H31N5O2. The van der Waals surface area contributed by atoms with Gasteiger partial charge < -0.3 is 20.1 Å². The van der Waals surface area contributed by atoms with E-state index in [0.717, 1.165) is 63.6 Å². The number of aliphatic imine (C=N–C) groups is 1. The van der Waals surface area contributed by atoms with Crippen LogP contribution in [-0.2, 0) is 15.9 Å². The van der Waals surface area contributed by atoms with E-state index in [9.17, 15) is 0 Å². The Morgan fingerprint density at radius 2 is 2.14 bits per heavy atom. The zero-order chi connectivity index (χ0) is 19.4. The fraction of sp³-hybridized carbons (Fsp3) is 0.524. The average Bonchev–Trinajstić information content (AvgIpc) is 3.42. The average molecular weight is 386 g/mol. The van der Waals surface area contributed by atoms with E-state index < -0.39 is 0 Å². The fourth-order valence-electron chi connectivity index (χ4n) is 3.13. The Bertz CT molecular complexity index is 711. The maximum Gasteiger partial charge on any atom is 0.190 e. The van der Waals surface area contributed by atoms with Crippen LogP contribution in [0.2, 0.25) is 0 Å². The molecule has 7 nitrogen and oxygen atoms in total. The number of para-hydroxylation sites is 1. The Morgan fingerprint density at radius 3 is 2.93 bits per heavy atom. The highest BCUT2D eigenvalue weighted by Crippen LogP contribution is 2.11. The summed E-state index contributed by atoms with van der Waals surface area (Å²) in [5.41, 5.74) is 2.26. The van der Waals surface area contributed by atoms with Gasteiger partial charge in [-0.1, -0.05) is 18.2 Å². The highest BCUT2D eigenvalue weighted by Gasteiger charge is 2.14. The molecule has 1 unspecified atom stereocenters. The molecule has 152 valence electrons. The minimum atomic E-state index is 0.300. The van der Waals surface area contributed by atoms with Crippen molar-refractivity contribution in [3.05, 3.63) is 48.3 Å². The van der Waals surface area contributed by atoms with Crippen LogP contribution in [0.3, 0.4) is 0 Å². The number of guanidine groups is 1. The highest BCUT2D eigenvalue weighted by atomic mass is 16.5. The van der Waals surface area contributed by atoms with Crippen molar-refractivity contribution in [2.75, 3.05) is 40.0 Å². The molecule has 2 N–H and O–H groups in total. The van der Waals surface area contributed by atoms with Crippen molar-refractivity contribution in [3.8, 4) is 5.69 Å².